The Hall–Kier alpha value is -1.58. The van der Waals surface area contributed by atoms with Gasteiger partial charge >= 0.3 is 0 Å². The molecular weight excluding hydrogens is 272 g/mol. The molecule has 0 saturated carbocycles. The molecule has 0 amide bonds. The van der Waals surface area contributed by atoms with Crippen LogP contribution < -0.4 is 0 Å². The van der Waals surface area contributed by atoms with Crippen LogP contribution in [0.1, 0.15) is 62.7 Å². The van der Waals surface area contributed by atoms with Gasteiger partial charge in [0.05, 0.1) is 17.2 Å². The standard InChI is InChI=1S/C17H21F2NO/c1-3-4-5-6-7-8-13-11(2)20-15-10-12(18)9-14(19)16(15)17(13)21/h9-10,13H,3-8H2,1-2H3. The molecule has 1 aliphatic heterocycles. The van der Waals surface area contributed by atoms with Crippen molar-refractivity contribution in [1.82, 2.24) is 0 Å². The number of aliphatic imine (C=N–C) groups is 1. The van der Waals surface area contributed by atoms with E-state index < -0.39 is 11.6 Å². The molecule has 2 rings (SSSR count). The highest BCUT2D eigenvalue weighted by molar-refractivity contribution is 6.17. The molecule has 1 unspecified atom stereocenters. The maximum absolute atomic E-state index is 13.8. The van der Waals surface area contributed by atoms with Gasteiger partial charge in [-0.15, -0.1) is 0 Å². The van der Waals surface area contributed by atoms with Gasteiger partial charge in [-0.3, -0.25) is 9.79 Å². The molecular formula is C17H21F2NO. The number of rotatable bonds is 6. The molecule has 2 nitrogen and oxygen atoms in total. The van der Waals surface area contributed by atoms with Crippen LogP contribution in [0.25, 0.3) is 0 Å². The summed E-state index contributed by atoms with van der Waals surface area (Å²) in [7, 11) is 0. The van der Waals surface area contributed by atoms with Crippen LogP contribution in [0.3, 0.4) is 0 Å². The van der Waals surface area contributed by atoms with E-state index in [2.05, 4.69) is 11.9 Å². The maximum Gasteiger partial charge on any atom is 0.176 e. The monoisotopic (exact) mass is 293 g/mol. The van der Waals surface area contributed by atoms with Gasteiger partial charge in [-0.2, -0.15) is 0 Å². The Labute approximate surface area is 124 Å². The second-order valence-corrected chi connectivity index (χ2v) is 5.65. The van der Waals surface area contributed by atoms with E-state index in [0.717, 1.165) is 31.4 Å². The average Bonchev–Trinajstić information content (AvgIpc) is 2.40. The number of Topliss-reactive ketones (excluding diaryl/α,β-unsaturated/α-hetero) is 1. The fraction of sp³-hybridized carbons (Fsp3) is 0.529. The molecule has 0 radical (unpaired) electrons. The third kappa shape index (κ3) is 3.55. The summed E-state index contributed by atoms with van der Waals surface area (Å²) in [5.74, 6) is -2.12. The lowest BCUT2D eigenvalue weighted by Gasteiger charge is -2.22. The van der Waals surface area contributed by atoms with Crippen molar-refractivity contribution >= 4 is 17.2 Å². The molecule has 0 N–H and O–H groups in total. The zero-order valence-electron chi connectivity index (χ0n) is 12.6. The lowest BCUT2D eigenvalue weighted by atomic mass is 9.85. The number of carbonyl (C=O) groups excluding carboxylic acids is 1. The second kappa shape index (κ2) is 6.92. The van der Waals surface area contributed by atoms with Gasteiger partial charge < -0.3 is 0 Å². The number of unbranched alkanes of at least 4 members (excludes halogenated alkanes) is 4. The van der Waals surface area contributed by atoms with Crippen LogP contribution in [0, 0.1) is 17.6 Å². The summed E-state index contributed by atoms with van der Waals surface area (Å²) in [6, 6.07) is 1.88. The van der Waals surface area contributed by atoms with Crippen molar-refractivity contribution in [1.29, 1.82) is 0 Å². The Morgan fingerprint density at radius 3 is 2.57 bits per heavy atom. The molecule has 21 heavy (non-hydrogen) atoms. The fourth-order valence-electron chi connectivity index (χ4n) is 2.82. The summed E-state index contributed by atoms with van der Waals surface area (Å²) in [5.41, 5.74) is 0.728. The summed E-state index contributed by atoms with van der Waals surface area (Å²) >= 11 is 0. The lowest BCUT2D eigenvalue weighted by molar-refractivity contribution is 0.0942. The second-order valence-electron chi connectivity index (χ2n) is 5.65. The van der Waals surface area contributed by atoms with Crippen molar-refractivity contribution in [2.75, 3.05) is 0 Å². The molecule has 0 aliphatic carbocycles. The molecule has 1 aliphatic rings. The molecule has 1 aromatic rings. The largest absolute Gasteiger partial charge is 0.293 e. The topological polar surface area (TPSA) is 29.4 Å². The highest BCUT2D eigenvalue weighted by Gasteiger charge is 2.31. The Balaban J connectivity index is 2.11. The Bertz CT molecular complexity index is 566. The molecule has 114 valence electrons. The van der Waals surface area contributed by atoms with Crippen molar-refractivity contribution in [2.24, 2.45) is 10.9 Å². The first kappa shape index (κ1) is 15.8. The van der Waals surface area contributed by atoms with E-state index in [0.29, 0.717) is 12.1 Å². The first-order chi connectivity index (χ1) is 10.0. The first-order valence-corrected chi connectivity index (χ1v) is 7.63. The molecule has 0 aromatic heterocycles. The molecule has 0 fully saturated rings. The van der Waals surface area contributed by atoms with Gasteiger partial charge in [0.25, 0.3) is 0 Å². The van der Waals surface area contributed by atoms with Gasteiger partial charge in [0.15, 0.2) is 5.78 Å². The van der Waals surface area contributed by atoms with E-state index in [4.69, 9.17) is 0 Å². The van der Waals surface area contributed by atoms with Gasteiger partial charge in [0, 0.05) is 17.8 Å². The number of carbonyl (C=O) groups is 1. The van der Waals surface area contributed by atoms with Crippen LogP contribution in [0.4, 0.5) is 14.5 Å². The predicted molar refractivity (Wildman–Crippen MR) is 80.3 cm³/mol. The lowest BCUT2D eigenvalue weighted by Crippen LogP contribution is -2.26. The van der Waals surface area contributed by atoms with Crippen molar-refractivity contribution < 1.29 is 13.6 Å². The van der Waals surface area contributed by atoms with Crippen LogP contribution >= 0.6 is 0 Å². The molecule has 0 saturated heterocycles. The Kier molecular flexibility index (Phi) is 5.21. The number of benzene rings is 1. The van der Waals surface area contributed by atoms with E-state index in [1.54, 1.807) is 6.92 Å². The third-order valence-corrected chi connectivity index (χ3v) is 3.99. The number of hydrogen-bond donors (Lipinski definition) is 0. The minimum Gasteiger partial charge on any atom is -0.293 e. The number of fused-ring (bicyclic) bond motifs is 1. The van der Waals surface area contributed by atoms with Crippen molar-refractivity contribution in [3.05, 3.63) is 29.3 Å². The molecule has 0 spiro atoms. The zero-order chi connectivity index (χ0) is 15.4. The SMILES string of the molecule is CCCCCCCC1C(=O)c2c(F)cc(F)cc2N=C1C. The van der Waals surface area contributed by atoms with E-state index in [1.807, 2.05) is 0 Å². The number of ketones is 1. The quantitative estimate of drug-likeness (QED) is 0.660. The molecule has 1 atom stereocenters. The van der Waals surface area contributed by atoms with Gasteiger partial charge in [-0.05, 0) is 13.3 Å². The third-order valence-electron chi connectivity index (χ3n) is 3.99. The van der Waals surface area contributed by atoms with Gasteiger partial charge in [-0.1, -0.05) is 39.0 Å². The molecule has 1 aromatic carbocycles. The highest BCUT2D eigenvalue weighted by atomic mass is 19.1. The van der Waals surface area contributed by atoms with E-state index in [1.165, 1.54) is 12.8 Å². The van der Waals surface area contributed by atoms with Crippen LogP contribution in [0.15, 0.2) is 17.1 Å². The molecule has 1 heterocycles. The van der Waals surface area contributed by atoms with Crippen LogP contribution in [-0.2, 0) is 0 Å². The number of nitrogens with zero attached hydrogens (tertiary/aromatic N) is 1. The average molecular weight is 293 g/mol. The number of hydrogen-bond acceptors (Lipinski definition) is 2. The normalized spacial score (nSPS) is 17.6. The summed E-state index contributed by atoms with van der Waals surface area (Å²) < 4.78 is 27.0. The molecule has 0 bridgehead atoms. The smallest absolute Gasteiger partial charge is 0.176 e. The Morgan fingerprint density at radius 2 is 1.86 bits per heavy atom. The summed E-state index contributed by atoms with van der Waals surface area (Å²) in [6.07, 6.45) is 6.22. The number of halogens is 2. The minimum atomic E-state index is -0.803. The first-order valence-electron chi connectivity index (χ1n) is 7.63. The highest BCUT2D eigenvalue weighted by Crippen LogP contribution is 2.33. The summed E-state index contributed by atoms with van der Waals surface area (Å²) in [4.78, 5) is 16.7. The van der Waals surface area contributed by atoms with Crippen LogP contribution in [-0.4, -0.2) is 11.5 Å². The minimum absolute atomic E-state index is 0.0550. The van der Waals surface area contributed by atoms with Gasteiger partial charge in [0.1, 0.15) is 11.6 Å². The Morgan fingerprint density at radius 1 is 1.14 bits per heavy atom. The van der Waals surface area contributed by atoms with E-state index in [-0.39, 0.29) is 23.0 Å². The maximum atomic E-state index is 13.8. The van der Waals surface area contributed by atoms with Crippen molar-refractivity contribution in [3.8, 4) is 0 Å². The van der Waals surface area contributed by atoms with Gasteiger partial charge in [0.2, 0.25) is 0 Å². The van der Waals surface area contributed by atoms with E-state index >= 15 is 0 Å². The fourth-order valence-corrected chi connectivity index (χ4v) is 2.82. The van der Waals surface area contributed by atoms with E-state index in [9.17, 15) is 13.6 Å². The molecule has 4 heteroatoms. The van der Waals surface area contributed by atoms with Crippen LogP contribution in [0.5, 0.6) is 0 Å². The van der Waals surface area contributed by atoms with Crippen molar-refractivity contribution in [3.63, 3.8) is 0 Å². The zero-order valence-corrected chi connectivity index (χ0v) is 12.6. The van der Waals surface area contributed by atoms with Crippen molar-refractivity contribution in [2.45, 2.75) is 52.4 Å². The summed E-state index contributed by atoms with van der Waals surface area (Å²) in [6.45, 7) is 3.92. The predicted octanol–water partition coefficient (Wildman–Crippen LogP) is 5.23. The van der Waals surface area contributed by atoms with Gasteiger partial charge in [-0.25, -0.2) is 8.78 Å². The van der Waals surface area contributed by atoms with Crippen LogP contribution in [0.2, 0.25) is 0 Å². The summed E-state index contributed by atoms with van der Waals surface area (Å²) in [5, 5.41) is 0.